The summed E-state index contributed by atoms with van der Waals surface area (Å²) in [5.74, 6) is -0.443. The highest BCUT2D eigenvalue weighted by atomic mass is 16.5. The summed E-state index contributed by atoms with van der Waals surface area (Å²) >= 11 is 0. The molecule has 0 radical (unpaired) electrons. The van der Waals surface area contributed by atoms with Crippen LogP contribution in [0.1, 0.15) is 70.6 Å². The maximum absolute atomic E-state index is 12.0. The van der Waals surface area contributed by atoms with Gasteiger partial charge in [0.05, 0.1) is 41.3 Å². The Morgan fingerprint density at radius 3 is 1.23 bits per heavy atom. The molecule has 2 aliphatic carbocycles. The van der Waals surface area contributed by atoms with E-state index < -0.39 is 36.0 Å². The summed E-state index contributed by atoms with van der Waals surface area (Å²) in [5.41, 5.74) is 0. The van der Waals surface area contributed by atoms with Crippen LogP contribution in [-0.2, 0) is 38.1 Å². The lowest BCUT2D eigenvalue weighted by atomic mass is 9.75. The molecule has 10 heteroatoms. The van der Waals surface area contributed by atoms with Crippen LogP contribution in [0.3, 0.4) is 0 Å². The van der Waals surface area contributed by atoms with Crippen molar-refractivity contribution in [2.24, 2.45) is 11.8 Å². The first-order valence-electron chi connectivity index (χ1n) is 12.6. The van der Waals surface area contributed by atoms with Gasteiger partial charge in [0.25, 0.3) is 0 Å². The Hall–Kier alpha value is -2.20. The van der Waals surface area contributed by atoms with E-state index in [4.69, 9.17) is 18.9 Å². The second kappa shape index (κ2) is 15.0. The summed E-state index contributed by atoms with van der Waals surface area (Å²) in [7, 11) is 5.27. The third kappa shape index (κ3) is 9.76. The maximum Gasteiger partial charge on any atom is 0.323 e. The highest BCUT2D eigenvalue weighted by Crippen LogP contribution is 2.35. The van der Waals surface area contributed by atoms with Crippen LogP contribution in [0.25, 0.3) is 0 Å². The molecule has 0 aliphatic heterocycles. The standard InChI is InChI=1S/C25H42N2O8/c1-32-22(28)14-20(24(30)34-3)26-18-9-5-16(6-10-18)13-17-7-11-19(12-8-17)27-21(25(31)35-4)15-23(29)33-2/h16-21,26-27H,5-15H2,1-4H3. The number of ether oxygens (including phenoxy) is 4. The highest BCUT2D eigenvalue weighted by Gasteiger charge is 2.32. The molecule has 0 aromatic rings. The predicted molar refractivity (Wildman–Crippen MR) is 127 cm³/mol. The molecule has 0 heterocycles. The van der Waals surface area contributed by atoms with Gasteiger partial charge in [0.1, 0.15) is 12.1 Å². The molecule has 35 heavy (non-hydrogen) atoms. The molecular formula is C25H42N2O8. The van der Waals surface area contributed by atoms with Gasteiger partial charge in [-0.3, -0.25) is 19.2 Å². The normalized spacial score (nSPS) is 26.2. The van der Waals surface area contributed by atoms with Crippen LogP contribution in [0.4, 0.5) is 0 Å². The monoisotopic (exact) mass is 498 g/mol. The second-order valence-electron chi connectivity index (χ2n) is 9.72. The summed E-state index contributed by atoms with van der Waals surface area (Å²) in [5, 5.41) is 6.59. The number of rotatable bonds is 12. The van der Waals surface area contributed by atoms with Crippen molar-refractivity contribution in [2.45, 2.75) is 94.8 Å². The molecule has 2 aliphatic rings. The van der Waals surface area contributed by atoms with Gasteiger partial charge in [-0.15, -0.1) is 0 Å². The Morgan fingerprint density at radius 2 is 0.943 bits per heavy atom. The van der Waals surface area contributed by atoms with Gasteiger partial charge in [0.2, 0.25) is 0 Å². The van der Waals surface area contributed by atoms with Crippen molar-refractivity contribution in [3.05, 3.63) is 0 Å². The van der Waals surface area contributed by atoms with Crippen LogP contribution in [0.5, 0.6) is 0 Å². The molecule has 200 valence electrons. The minimum atomic E-state index is -0.676. The van der Waals surface area contributed by atoms with Gasteiger partial charge in [0.15, 0.2) is 0 Å². The smallest absolute Gasteiger partial charge is 0.323 e. The van der Waals surface area contributed by atoms with Crippen LogP contribution in [-0.4, -0.2) is 76.5 Å². The van der Waals surface area contributed by atoms with E-state index in [0.717, 1.165) is 51.4 Å². The number of carbonyl (C=O) groups excluding carboxylic acids is 4. The average molecular weight is 499 g/mol. The van der Waals surface area contributed by atoms with E-state index >= 15 is 0 Å². The van der Waals surface area contributed by atoms with Gasteiger partial charge in [-0.25, -0.2) is 0 Å². The maximum atomic E-state index is 12.0. The van der Waals surface area contributed by atoms with Gasteiger partial charge in [-0.2, -0.15) is 0 Å². The summed E-state index contributed by atoms with van der Waals surface area (Å²) in [6, 6.07) is -0.982. The summed E-state index contributed by atoms with van der Waals surface area (Å²) in [6.07, 6.45) is 9.33. The molecule has 0 saturated heterocycles. The topological polar surface area (TPSA) is 129 Å². The molecule has 10 nitrogen and oxygen atoms in total. The van der Waals surface area contributed by atoms with Gasteiger partial charge in [-0.1, -0.05) is 0 Å². The second-order valence-corrected chi connectivity index (χ2v) is 9.72. The Morgan fingerprint density at radius 1 is 0.600 bits per heavy atom. The van der Waals surface area contributed by atoms with E-state index in [0.29, 0.717) is 11.8 Å². The van der Waals surface area contributed by atoms with Crippen LogP contribution in [0.2, 0.25) is 0 Å². The van der Waals surface area contributed by atoms with Crippen molar-refractivity contribution in [3.8, 4) is 0 Å². The fourth-order valence-electron chi connectivity index (χ4n) is 5.38. The third-order valence-corrected chi connectivity index (χ3v) is 7.40. The molecule has 2 saturated carbocycles. The SMILES string of the molecule is COC(=O)CC(NC1CCC(CC2CCC(NC(CC(=O)OC)C(=O)OC)CC2)CC1)C(=O)OC. The zero-order valence-corrected chi connectivity index (χ0v) is 21.5. The number of esters is 4. The van der Waals surface area contributed by atoms with Gasteiger partial charge in [0, 0.05) is 12.1 Å². The summed E-state index contributed by atoms with van der Waals surface area (Å²) < 4.78 is 19.1. The molecule has 0 aromatic carbocycles. The lowest BCUT2D eigenvalue weighted by Crippen LogP contribution is -2.47. The number of hydrogen-bond acceptors (Lipinski definition) is 10. The van der Waals surface area contributed by atoms with E-state index in [1.807, 2.05) is 0 Å². The minimum Gasteiger partial charge on any atom is -0.469 e. The van der Waals surface area contributed by atoms with E-state index in [9.17, 15) is 19.2 Å². The lowest BCUT2D eigenvalue weighted by Gasteiger charge is -2.36. The van der Waals surface area contributed by atoms with Crippen LogP contribution < -0.4 is 10.6 Å². The molecule has 0 spiro atoms. The van der Waals surface area contributed by atoms with Crippen LogP contribution in [0.15, 0.2) is 0 Å². The molecule has 2 rings (SSSR count). The Balaban J connectivity index is 1.73. The molecular weight excluding hydrogens is 456 g/mol. The lowest BCUT2D eigenvalue weighted by molar-refractivity contribution is -0.150. The van der Waals surface area contributed by atoms with E-state index in [2.05, 4.69) is 10.6 Å². The van der Waals surface area contributed by atoms with Crippen LogP contribution >= 0.6 is 0 Å². The summed E-state index contributed by atoms with van der Waals surface area (Å²) in [4.78, 5) is 47.3. The van der Waals surface area contributed by atoms with E-state index in [-0.39, 0.29) is 24.9 Å². The molecule has 2 unspecified atom stereocenters. The predicted octanol–water partition coefficient (Wildman–Crippen LogP) is 1.88. The number of nitrogens with one attached hydrogen (secondary N) is 2. The van der Waals surface area contributed by atoms with Crippen LogP contribution in [0, 0.1) is 11.8 Å². The first kappa shape index (κ1) is 29.0. The Bertz CT molecular complexity index is 642. The first-order chi connectivity index (χ1) is 16.8. The van der Waals surface area contributed by atoms with Gasteiger partial charge >= 0.3 is 23.9 Å². The van der Waals surface area contributed by atoms with Crippen molar-refractivity contribution in [3.63, 3.8) is 0 Å². The van der Waals surface area contributed by atoms with Crippen molar-refractivity contribution >= 4 is 23.9 Å². The quantitative estimate of drug-likeness (QED) is 0.304. The Kier molecular flexibility index (Phi) is 12.5. The number of methoxy groups -OCH3 is 4. The van der Waals surface area contributed by atoms with E-state index in [1.54, 1.807) is 0 Å². The minimum absolute atomic E-state index is 0.0309. The summed E-state index contributed by atoms with van der Waals surface area (Å²) in [6.45, 7) is 0. The fraction of sp³-hybridized carbons (Fsp3) is 0.840. The van der Waals surface area contributed by atoms with Crippen molar-refractivity contribution in [1.29, 1.82) is 0 Å². The van der Waals surface area contributed by atoms with Crippen molar-refractivity contribution in [1.82, 2.24) is 10.6 Å². The number of carbonyl (C=O) groups is 4. The van der Waals surface area contributed by atoms with Crippen molar-refractivity contribution in [2.75, 3.05) is 28.4 Å². The molecule has 0 amide bonds. The molecule has 0 bridgehead atoms. The Labute approximate surface area is 208 Å². The zero-order valence-electron chi connectivity index (χ0n) is 21.5. The molecule has 2 N–H and O–H groups in total. The first-order valence-corrected chi connectivity index (χ1v) is 12.6. The van der Waals surface area contributed by atoms with Gasteiger partial charge < -0.3 is 29.6 Å². The van der Waals surface area contributed by atoms with Crippen molar-refractivity contribution < 1.29 is 38.1 Å². The number of hydrogen-bond donors (Lipinski definition) is 2. The largest absolute Gasteiger partial charge is 0.469 e. The van der Waals surface area contributed by atoms with Gasteiger partial charge in [-0.05, 0) is 69.6 Å². The fourth-order valence-corrected chi connectivity index (χ4v) is 5.38. The average Bonchev–Trinajstić information content (AvgIpc) is 2.88. The zero-order chi connectivity index (χ0) is 25.8. The third-order valence-electron chi connectivity index (χ3n) is 7.40. The highest BCUT2D eigenvalue weighted by molar-refractivity contribution is 5.83. The molecule has 2 fully saturated rings. The molecule has 0 aromatic heterocycles. The van der Waals surface area contributed by atoms with E-state index in [1.165, 1.54) is 34.9 Å². The molecule has 2 atom stereocenters.